The first-order valence-electron chi connectivity index (χ1n) is 10.8. The zero-order valence-electron chi connectivity index (χ0n) is 18.2. The molecule has 174 valence electrons. The van der Waals surface area contributed by atoms with Crippen molar-refractivity contribution < 1.29 is 23.2 Å². The van der Waals surface area contributed by atoms with Crippen molar-refractivity contribution >= 4 is 32.8 Å². The largest absolute Gasteiger partial charge is 0.348 e. The summed E-state index contributed by atoms with van der Waals surface area (Å²) in [4.78, 5) is 24.4. The molecular formula is C22H30N4O5S. The summed E-state index contributed by atoms with van der Waals surface area (Å²) >= 11 is 0. The van der Waals surface area contributed by atoms with Crippen LogP contribution in [0, 0.1) is 0 Å². The number of nitrogens with zero attached hydrogens (tertiary/aromatic N) is 2. The van der Waals surface area contributed by atoms with Gasteiger partial charge in [0.15, 0.2) is 0 Å². The Balaban J connectivity index is 1.65. The molecule has 1 aliphatic heterocycles. The number of benzene rings is 2. The number of rotatable bonds is 10. The van der Waals surface area contributed by atoms with Gasteiger partial charge in [-0.3, -0.25) is 14.8 Å². The van der Waals surface area contributed by atoms with Crippen molar-refractivity contribution in [3.8, 4) is 0 Å². The van der Waals surface area contributed by atoms with E-state index in [-0.39, 0.29) is 31.6 Å². The summed E-state index contributed by atoms with van der Waals surface area (Å²) in [6, 6.07) is 12.9. The molecule has 10 heteroatoms. The molecular weight excluding hydrogens is 432 g/mol. The maximum absolute atomic E-state index is 13.1. The molecule has 0 spiro atoms. The number of hydroxylamine groups is 1. The van der Waals surface area contributed by atoms with Gasteiger partial charge in [-0.1, -0.05) is 50.1 Å². The Bertz CT molecular complexity index is 1060. The normalized spacial score (nSPS) is 17.0. The third-order valence-corrected chi connectivity index (χ3v) is 7.55. The van der Waals surface area contributed by atoms with Crippen molar-refractivity contribution in [1.29, 1.82) is 0 Å². The average molecular weight is 463 g/mol. The smallest absolute Gasteiger partial charge is 0.282 e. The van der Waals surface area contributed by atoms with Crippen LogP contribution in [-0.2, 0) is 15.0 Å². The first-order chi connectivity index (χ1) is 15.3. The molecule has 1 aliphatic rings. The van der Waals surface area contributed by atoms with E-state index in [2.05, 4.69) is 5.32 Å². The van der Waals surface area contributed by atoms with Crippen molar-refractivity contribution in [2.24, 2.45) is 0 Å². The van der Waals surface area contributed by atoms with Gasteiger partial charge in [0.25, 0.3) is 22.0 Å². The second-order valence-electron chi connectivity index (χ2n) is 7.96. The molecule has 2 amide bonds. The Labute approximate surface area is 188 Å². The highest BCUT2D eigenvalue weighted by atomic mass is 32.2. The summed E-state index contributed by atoms with van der Waals surface area (Å²) in [6.07, 6.45) is 2.84. The van der Waals surface area contributed by atoms with Crippen LogP contribution in [0.25, 0.3) is 10.8 Å². The molecule has 0 aliphatic carbocycles. The molecule has 32 heavy (non-hydrogen) atoms. The van der Waals surface area contributed by atoms with E-state index in [1.807, 2.05) is 43.3 Å². The fourth-order valence-electron chi connectivity index (χ4n) is 3.83. The minimum absolute atomic E-state index is 0.132. The molecule has 1 saturated heterocycles. The molecule has 2 aromatic carbocycles. The van der Waals surface area contributed by atoms with E-state index < -0.39 is 22.7 Å². The summed E-state index contributed by atoms with van der Waals surface area (Å²) in [5.41, 5.74) is 2.01. The number of carbonyl (C=O) groups is 2. The van der Waals surface area contributed by atoms with Gasteiger partial charge < -0.3 is 5.32 Å². The number of hydrogen-bond donors (Lipinski definition) is 3. The lowest BCUT2D eigenvalue weighted by molar-refractivity contribution is -0.129. The monoisotopic (exact) mass is 462 g/mol. The predicted molar refractivity (Wildman–Crippen MR) is 121 cm³/mol. The van der Waals surface area contributed by atoms with Gasteiger partial charge in [0, 0.05) is 31.2 Å². The van der Waals surface area contributed by atoms with Gasteiger partial charge in [-0.05, 0) is 35.7 Å². The van der Waals surface area contributed by atoms with E-state index in [9.17, 15) is 18.0 Å². The molecule has 2 aromatic rings. The SMILES string of the molecule is CCCCCN(CC(=O)NO)S(=O)(=O)N1CCC(NC(=O)c2ccc3ccccc3c2)C1. The number of nitrogens with one attached hydrogen (secondary N) is 2. The van der Waals surface area contributed by atoms with Crippen LogP contribution in [0.2, 0.25) is 0 Å². The van der Waals surface area contributed by atoms with Crippen LogP contribution in [0.4, 0.5) is 0 Å². The predicted octanol–water partition coefficient (Wildman–Crippen LogP) is 1.89. The second-order valence-corrected chi connectivity index (χ2v) is 9.89. The molecule has 1 atom stereocenters. The van der Waals surface area contributed by atoms with Crippen LogP contribution < -0.4 is 10.8 Å². The fourth-order valence-corrected chi connectivity index (χ4v) is 5.50. The number of amides is 2. The lowest BCUT2D eigenvalue weighted by Gasteiger charge is -2.26. The average Bonchev–Trinajstić information content (AvgIpc) is 3.27. The Hall–Kier alpha value is -2.53. The third kappa shape index (κ3) is 5.83. The van der Waals surface area contributed by atoms with E-state index >= 15 is 0 Å². The summed E-state index contributed by atoms with van der Waals surface area (Å²) in [7, 11) is -3.91. The topological polar surface area (TPSA) is 119 Å². The lowest BCUT2D eigenvalue weighted by atomic mass is 10.1. The molecule has 0 aromatic heterocycles. The number of fused-ring (bicyclic) bond motifs is 1. The molecule has 0 radical (unpaired) electrons. The van der Waals surface area contributed by atoms with Crippen LogP contribution in [0.3, 0.4) is 0 Å². The van der Waals surface area contributed by atoms with Crippen LogP contribution in [0.15, 0.2) is 42.5 Å². The van der Waals surface area contributed by atoms with E-state index in [0.29, 0.717) is 18.4 Å². The number of unbranched alkanes of at least 4 members (excludes halogenated alkanes) is 2. The van der Waals surface area contributed by atoms with Gasteiger partial charge in [0.05, 0.1) is 6.54 Å². The second kappa shape index (κ2) is 10.9. The van der Waals surface area contributed by atoms with Crippen molar-refractivity contribution in [1.82, 2.24) is 19.4 Å². The van der Waals surface area contributed by atoms with Gasteiger partial charge in [-0.15, -0.1) is 0 Å². The Kier molecular flexibility index (Phi) is 8.19. The minimum Gasteiger partial charge on any atom is -0.348 e. The molecule has 1 unspecified atom stereocenters. The van der Waals surface area contributed by atoms with E-state index in [0.717, 1.165) is 27.9 Å². The molecule has 1 heterocycles. The first-order valence-corrected chi connectivity index (χ1v) is 12.2. The van der Waals surface area contributed by atoms with Crippen LogP contribution in [0.5, 0.6) is 0 Å². The number of carbonyl (C=O) groups excluding carboxylic acids is 2. The molecule has 0 bridgehead atoms. The van der Waals surface area contributed by atoms with Crippen LogP contribution in [0.1, 0.15) is 43.0 Å². The van der Waals surface area contributed by atoms with Crippen molar-refractivity contribution in [3.05, 3.63) is 48.0 Å². The van der Waals surface area contributed by atoms with Crippen LogP contribution >= 0.6 is 0 Å². The lowest BCUT2D eigenvalue weighted by Crippen LogP contribution is -2.48. The molecule has 1 fully saturated rings. The highest BCUT2D eigenvalue weighted by molar-refractivity contribution is 7.86. The summed E-state index contributed by atoms with van der Waals surface area (Å²) in [6.45, 7) is 2.12. The molecule has 9 nitrogen and oxygen atoms in total. The third-order valence-electron chi connectivity index (χ3n) is 5.61. The summed E-state index contributed by atoms with van der Waals surface area (Å²) < 4.78 is 28.6. The van der Waals surface area contributed by atoms with E-state index in [1.54, 1.807) is 6.07 Å². The maximum Gasteiger partial charge on any atom is 0.282 e. The molecule has 3 N–H and O–H groups in total. The van der Waals surface area contributed by atoms with Crippen molar-refractivity contribution in [2.45, 2.75) is 38.6 Å². The summed E-state index contributed by atoms with van der Waals surface area (Å²) in [5.74, 6) is -1.04. The quantitative estimate of drug-likeness (QED) is 0.283. The fraction of sp³-hybridized carbons (Fsp3) is 0.455. The minimum atomic E-state index is -3.91. The van der Waals surface area contributed by atoms with Crippen LogP contribution in [-0.4, -0.2) is 66.3 Å². The van der Waals surface area contributed by atoms with E-state index in [4.69, 9.17) is 5.21 Å². The van der Waals surface area contributed by atoms with Gasteiger partial charge in [-0.2, -0.15) is 17.0 Å². The number of hydrogen-bond acceptors (Lipinski definition) is 5. The first kappa shape index (κ1) is 24.1. The Morgan fingerprint density at radius 2 is 1.91 bits per heavy atom. The highest BCUT2D eigenvalue weighted by Crippen LogP contribution is 2.20. The molecule has 0 saturated carbocycles. The van der Waals surface area contributed by atoms with Gasteiger partial charge in [0.2, 0.25) is 0 Å². The summed E-state index contributed by atoms with van der Waals surface area (Å²) in [5, 5.41) is 13.7. The standard InChI is InChI=1S/C22H30N4O5S/c1-2-3-6-12-25(16-21(27)24-29)32(30,31)26-13-11-20(15-26)23-22(28)19-10-9-17-7-4-5-8-18(17)14-19/h4-5,7-10,14,20,29H,2-3,6,11-13,15-16H2,1H3,(H,23,28)(H,24,27). The zero-order chi connectivity index (χ0) is 23.1. The van der Waals surface area contributed by atoms with Crippen molar-refractivity contribution in [3.63, 3.8) is 0 Å². The maximum atomic E-state index is 13.1. The van der Waals surface area contributed by atoms with Gasteiger partial charge in [0.1, 0.15) is 0 Å². The Morgan fingerprint density at radius 1 is 1.16 bits per heavy atom. The Morgan fingerprint density at radius 3 is 2.62 bits per heavy atom. The van der Waals surface area contributed by atoms with Gasteiger partial charge in [-0.25, -0.2) is 5.48 Å². The van der Waals surface area contributed by atoms with E-state index in [1.165, 1.54) is 9.79 Å². The van der Waals surface area contributed by atoms with Crippen molar-refractivity contribution in [2.75, 3.05) is 26.2 Å². The zero-order valence-corrected chi connectivity index (χ0v) is 19.0. The molecule has 3 rings (SSSR count). The van der Waals surface area contributed by atoms with Gasteiger partial charge >= 0.3 is 0 Å². The highest BCUT2D eigenvalue weighted by Gasteiger charge is 2.36.